The zero-order valence-corrected chi connectivity index (χ0v) is 9.70. The summed E-state index contributed by atoms with van der Waals surface area (Å²) in [6.07, 6.45) is 2.56. The summed E-state index contributed by atoms with van der Waals surface area (Å²) in [6.45, 7) is 17.9. The van der Waals surface area contributed by atoms with E-state index in [1.54, 1.807) is 0 Å². The molecule has 1 atom stereocenters. The van der Waals surface area contributed by atoms with Crippen LogP contribution in [0.25, 0.3) is 0 Å². The summed E-state index contributed by atoms with van der Waals surface area (Å²) >= 11 is 0. The topological polar surface area (TPSA) is 0 Å². The fraction of sp³-hybridized carbons (Fsp3) is 0.917. The van der Waals surface area contributed by atoms with Gasteiger partial charge in [0.05, 0.1) is 0 Å². The maximum atomic E-state index is 4.23. The molecule has 73 valence electrons. The highest BCUT2D eigenvalue weighted by molar-refractivity contribution is 4.88. The summed E-state index contributed by atoms with van der Waals surface area (Å²) in [4.78, 5) is 0. The molecule has 0 aromatic carbocycles. The fourth-order valence-electron chi connectivity index (χ4n) is 1.29. The fourth-order valence-corrected chi connectivity index (χ4v) is 1.29. The van der Waals surface area contributed by atoms with Gasteiger partial charge >= 0.3 is 0 Å². The Balaban J connectivity index is 4.22. The summed E-state index contributed by atoms with van der Waals surface area (Å²) < 4.78 is 0. The molecule has 0 rings (SSSR count). The van der Waals surface area contributed by atoms with Crippen molar-refractivity contribution in [2.45, 2.75) is 54.4 Å². The molecule has 0 N–H and O–H groups in total. The smallest absolute Gasteiger partial charge is 0.0300 e. The summed E-state index contributed by atoms with van der Waals surface area (Å²) in [6, 6.07) is 0. The van der Waals surface area contributed by atoms with Gasteiger partial charge < -0.3 is 0 Å². The van der Waals surface area contributed by atoms with Gasteiger partial charge in [-0.25, -0.2) is 0 Å². The molecular formula is C12H25. The van der Waals surface area contributed by atoms with E-state index in [1.165, 1.54) is 12.8 Å². The summed E-state index contributed by atoms with van der Waals surface area (Å²) in [5, 5.41) is 0. The van der Waals surface area contributed by atoms with Crippen molar-refractivity contribution in [2.75, 3.05) is 0 Å². The Kier molecular flexibility index (Phi) is 3.81. The number of hydrogen-bond acceptors (Lipinski definition) is 0. The van der Waals surface area contributed by atoms with Crippen LogP contribution >= 0.6 is 0 Å². The van der Waals surface area contributed by atoms with Gasteiger partial charge in [-0.05, 0) is 30.1 Å². The lowest BCUT2D eigenvalue weighted by atomic mass is 9.65. The van der Waals surface area contributed by atoms with E-state index in [9.17, 15) is 0 Å². The van der Waals surface area contributed by atoms with Crippen LogP contribution in [-0.4, -0.2) is 0 Å². The van der Waals surface area contributed by atoms with E-state index in [4.69, 9.17) is 0 Å². The molecule has 0 aliphatic rings. The van der Waals surface area contributed by atoms with Gasteiger partial charge in [0.25, 0.3) is 0 Å². The molecule has 1 unspecified atom stereocenters. The highest BCUT2D eigenvalue weighted by Gasteiger charge is 2.33. The first-order valence-corrected chi connectivity index (χ1v) is 5.06. The molecule has 12 heavy (non-hydrogen) atoms. The Labute approximate surface area is 78.8 Å². The van der Waals surface area contributed by atoms with Crippen LogP contribution in [0.3, 0.4) is 0 Å². The Morgan fingerprint density at radius 1 is 1.17 bits per heavy atom. The maximum absolute atomic E-state index is 4.23. The molecule has 0 aliphatic heterocycles. The molecule has 0 aromatic rings. The van der Waals surface area contributed by atoms with Crippen molar-refractivity contribution in [1.82, 2.24) is 0 Å². The molecule has 0 bridgehead atoms. The third-order valence-electron chi connectivity index (χ3n) is 3.39. The molecule has 0 saturated carbocycles. The van der Waals surface area contributed by atoms with Crippen LogP contribution < -0.4 is 0 Å². The first kappa shape index (κ1) is 12.0. The molecule has 0 nitrogen and oxygen atoms in total. The second-order valence-corrected chi connectivity index (χ2v) is 5.49. The van der Waals surface area contributed by atoms with Gasteiger partial charge in [0.1, 0.15) is 0 Å². The van der Waals surface area contributed by atoms with Gasteiger partial charge in [-0.3, -0.25) is 0 Å². The lowest BCUT2D eigenvalue weighted by molar-refractivity contribution is 0.123. The second kappa shape index (κ2) is 3.81. The largest absolute Gasteiger partial charge is 0.0651 e. The van der Waals surface area contributed by atoms with Crippen molar-refractivity contribution in [3.05, 3.63) is 6.92 Å². The first-order chi connectivity index (χ1) is 5.20. The van der Waals surface area contributed by atoms with Crippen LogP contribution in [0.1, 0.15) is 54.4 Å². The van der Waals surface area contributed by atoms with Gasteiger partial charge in [-0.2, -0.15) is 0 Å². The number of hydrogen-bond donors (Lipinski definition) is 0. The highest BCUT2D eigenvalue weighted by Crippen LogP contribution is 2.42. The minimum Gasteiger partial charge on any atom is -0.0651 e. The Hall–Kier alpha value is 0. The Morgan fingerprint density at radius 2 is 1.58 bits per heavy atom. The van der Waals surface area contributed by atoms with Gasteiger partial charge in [0, 0.05) is 0 Å². The Morgan fingerprint density at radius 3 is 1.83 bits per heavy atom. The third-order valence-corrected chi connectivity index (χ3v) is 3.39. The summed E-state index contributed by atoms with van der Waals surface area (Å²) in [5.74, 6) is 0.820. The highest BCUT2D eigenvalue weighted by atomic mass is 14.4. The van der Waals surface area contributed by atoms with E-state index in [-0.39, 0.29) is 5.41 Å². The van der Waals surface area contributed by atoms with E-state index in [0.717, 1.165) is 5.92 Å². The minimum absolute atomic E-state index is 0.177. The molecule has 0 fully saturated rings. The Bertz CT molecular complexity index is 125. The van der Waals surface area contributed by atoms with E-state index < -0.39 is 0 Å². The lowest BCUT2D eigenvalue weighted by Gasteiger charge is -2.40. The standard InChI is InChI=1S/C12H25/c1-8-10(2)9-12(6,7)11(3,4)5/h10H,3,8-9H2,1-2,4-7H3. The van der Waals surface area contributed by atoms with Crippen molar-refractivity contribution < 1.29 is 0 Å². The van der Waals surface area contributed by atoms with Crippen LogP contribution in [0, 0.1) is 23.7 Å². The molecule has 0 amide bonds. The van der Waals surface area contributed by atoms with E-state index in [1.807, 2.05) is 0 Å². The average molecular weight is 169 g/mol. The predicted octanol–water partition coefficient (Wildman–Crippen LogP) is 4.31. The van der Waals surface area contributed by atoms with Crippen molar-refractivity contribution in [3.8, 4) is 0 Å². The predicted molar refractivity (Wildman–Crippen MR) is 57.0 cm³/mol. The van der Waals surface area contributed by atoms with Crippen molar-refractivity contribution in [3.63, 3.8) is 0 Å². The molecule has 0 spiro atoms. The summed E-state index contributed by atoms with van der Waals surface area (Å²) in [5.41, 5.74) is 0.527. The van der Waals surface area contributed by atoms with Crippen molar-refractivity contribution in [2.24, 2.45) is 16.7 Å². The van der Waals surface area contributed by atoms with Gasteiger partial charge in [-0.15, -0.1) is 0 Å². The van der Waals surface area contributed by atoms with Gasteiger partial charge in [-0.1, -0.05) is 48.0 Å². The molecule has 0 heteroatoms. The van der Waals surface area contributed by atoms with Crippen LogP contribution in [0.15, 0.2) is 0 Å². The quantitative estimate of drug-likeness (QED) is 0.588. The van der Waals surface area contributed by atoms with E-state index in [0.29, 0.717) is 5.41 Å². The normalized spacial score (nSPS) is 16.2. The van der Waals surface area contributed by atoms with Gasteiger partial charge in [0.15, 0.2) is 0 Å². The van der Waals surface area contributed by atoms with Crippen molar-refractivity contribution >= 4 is 0 Å². The first-order valence-electron chi connectivity index (χ1n) is 5.06. The zero-order valence-electron chi connectivity index (χ0n) is 9.70. The lowest BCUT2D eigenvalue weighted by Crippen LogP contribution is -2.31. The van der Waals surface area contributed by atoms with Crippen LogP contribution in [0.2, 0.25) is 0 Å². The molecular weight excluding hydrogens is 144 g/mol. The van der Waals surface area contributed by atoms with Crippen LogP contribution in [-0.2, 0) is 0 Å². The molecule has 0 aliphatic carbocycles. The van der Waals surface area contributed by atoms with E-state index >= 15 is 0 Å². The van der Waals surface area contributed by atoms with Gasteiger partial charge in [0.2, 0.25) is 0 Å². The van der Waals surface area contributed by atoms with E-state index in [2.05, 4.69) is 48.5 Å². The SMILES string of the molecule is [CH2]C(C)(C)C(C)(C)CC(C)CC. The minimum atomic E-state index is 0.177. The molecule has 1 radical (unpaired) electrons. The second-order valence-electron chi connectivity index (χ2n) is 5.49. The average Bonchev–Trinajstić information content (AvgIpc) is 1.84. The monoisotopic (exact) mass is 169 g/mol. The molecule has 0 aromatic heterocycles. The maximum Gasteiger partial charge on any atom is -0.0300 e. The third kappa shape index (κ3) is 3.16. The van der Waals surface area contributed by atoms with Crippen molar-refractivity contribution in [1.29, 1.82) is 0 Å². The van der Waals surface area contributed by atoms with Crippen LogP contribution in [0.5, 0.6) is 0 Å². The number of rotatable bonds is 4. The molecule has 0 saturated heterocycles. The zero-order chi connectivity index (χ0) is 9.99. The van der Waals surface area contributed by atoms with Crippen LogP contribution in [0.4, 0.5) is 0 Å². The molecule has 0 heterocycles. The summed E-state index contributed by atoms with van der Waals surface area (Å²) in [7, 11) is 0.